The average Bonchev–Trinajstić information content (AvgIpc) is 2.26. The molecule has 0 fully saturated rings. The number of halogens is 1. The van der Waals surface area contributed by atoms with E-state index in [1.165, 1.54) is 12.1 Å². The van der Waals surface area contributed by atoms with Crippen molar-refractivity contribution in [3.63, 3.8) is 0 Å². The first-order chi connectivity index (χ1) is 7.47. The van der Waals surface area contributed by atoms with Gasteiger partial charge >= 0.3 is 0 Å². The van der Waals surface area contributed by atoms with Gasteiger partial charge in [-0.2, -0.15) is 0 Å². The quantitative estimate of drug-likeness (QED) is 0.652. The highest BCUT2D eigenvalue weighted by Crippen LogP contribution is 2.30. The van der Waals surface area contributed by atoms with Crippen molar-refractivity contribution in [2.45, 2.75) is 32.2 Å². The number of benzene rings is 1. The molecule has 0 aromatic heterocycles. The number of nitro groups is 1. The summed E-state index contributed by atoms with van der Waals surface area (Å²) in [7, 11) is 0. The standard InChI is InChI=1S/C11H15ClN2O2/c1-3-11(13)7(2)9-5-4-8(14(15)16)6-10(9)12/h4-7,11H,3,13H2,1-2H3. The van der Waals surface area contributed by atoms with Gasteiger partial charge in [-0.05, 0) is 17.9 Å². The molecular weight excluding hydrogens is 228 g/mol. The van der Waals surface area contributed by atoms with Gasteiger partial charge in [0.2, 0.25) is 0 Å². The van der Waals surface area contributed by atoms with Gasteiger partial charge in [0, 0.05) is 18.2 Å². The molecule has 16 heavy (non-hydrogen) atoms. The highest BCUT2D eigenvalue weighted by atomic mass is 35.5. The molecular formula is C11H15ClN2O2. The minimum atomic E-state index is -0.458. The molecule has 88 valence electrons. The Hall–Kier alpha value is -1.13. The molecule has 0 aliphatic carbocycles. The number of nitrogens with two attached hydrogens (primary N) is 1. The molecule has 1 rings (SSSR count). The van der Waals surface area contributed by atoms with Crippen LogP contribution in [0.25, 0.3) is 0 Å². The summed E-state index contributed by atoms with van der Waals surface area (Å²) >= 11 is 6.01. The highest BCUT2D eigenvalue weighted by molar-refractivity contribution is 6.31. The Morgan fingerprint density at radius 3 is 2.62 bits per heavy atom. The molecule has 0 radical (unpaired) electrons. The minimum absolute atomic E-state index is 0.00557. The van der Waals surface area contributed by atoms with Crippen molar-refractivity contribution < 1.29 is 4.92 Å². The fraction of sp³-hybridized carbons (Fsp3) is 0.455. The minimum Gasteiger partial charge on any atom is -0.327 e. The van der Waals surface area contributed by atoms with Crippen molar-refractivity contribution in [2.75, 3.05) is 0 Å². The summed E-state index contributed by atoms with van der Waals surface area (Å²) < 4.78 is 0. The molecule has 0 bridgehead atoms. The van der Waals surface area contributed by atoms with E-state index in [0.717, 1.165) is 12.0 Å². The smallest absolute Gasteiger partial charge is 0.270 e. The number of hydrogen-bond acceptors (Lipinski definition) is 3. The van der Waals surface area contributed by atoms with Crippen LogP contribution < -0.4 is 5.73 Å². The van der Waals surface area contributed by atoms with Gasteiger partial charge < -0.3 is 5.73 Å². The van der Waals surface area contributed by atoms with Crippen LogP contribution >= 0.6 is 11.6 Å². The molecule has 1 aromatic carbocycles. The Balaban J connectivity index is 3.03. The fourth-order valence-electron chi connectivity index (χ4n) is 1.58. The largest absolute Gasteiger partial charge is 0.327 e. The molecule has 0 aliphatic rings. The zero-order valence-corrected chi connectivity index (χ0v) is 10.1. The van der Waals surface area contributed by atoms with E-state index in [1.54, 1.807) is 6.07 Å². The van der Waals surface area contributed by atoms with Gasteiger partial charge in [0.15, 0.2) is 0 Å². The van der Waals surface area contributed by atoms with Crippen LogP contribution in [0.4, 0.5) is 5.69 Å². The van der Waals surface area contributed by atoms with Gasteiger partial charge in [-0.3, -0.25) is 10.1 Å². The molecule has 2 atom stereocenters. The van der Waals surface area contributed by atoms with Crippen molar-refractivity contribution >= 4 is 17.3 Å². The average molecular weight is 243 g/mol. The third-order valence-corrected chi connectivity index (χ3v) is 3.13. The van der Waals surface area contributed by atoms with Crippen LogP contribution in [0.1, 0.15) is 31.7 Å². The normalized spacial score (nSPS) is 14.5. The SMILES string of the molecule is CCC(N)C(C)c1ccc([N+](=O)[O-])cc1Cl. The van der Waals surface area contributed by atoms with E-state index in [4.69, 9.17) is 17.3 Å². The number of nitrogens with zero attached hydrogens (tertiary/aromatic N) is 1. The lowest BCUT2D eigenvalue weighted by molar-refractivity contribution is -0.384. The van der Waals surface area contributed by atoms with Crippen LogP contribution in [-0.2, 0) is 0 Å². The molecule has 0 spiro atoms. The first-order valence-corrected chi connectivity index (χ1v) is 5.54. The summed E-state index contributed by atoms with van der Waals surface area (Å²) in [4.78, 5) is 10.1. The predicted octanol–water partition coefficient (Wildman–Crippen LogP) is 3.09. The van der Waals surface area contributed by atoms with Crippen molar-refractivity contribution in [2.24, 2.45) is 5.73 Å². The lowest BCUT2D eigenvalue weighted by Gasteiger charge is -2.19. The Labute approximate surface area is 99.6 Å². The van der Waals surface area contributed by atoms with E-state index >= 15 is 0 Å². The highest BCUT2D eigenvalue weighted by Gasteiger charge is 2.18. The lowest BCUT2D eigenvalue weighted by atomic mass is 9.92. The van der Waals surface area contributed by atoms with Gasteiger partial charge in [-0.1, -0.05) is 31.5 Å². The summed E-state index contributed by atoms with van der Waals surface area (Å²) in [6.45, 7) is 3.97. The summed E-state index contributed by atoms with van der Waals surface area (Å²) in [5.41, 5.74) is 6.79. The predicted molar refractivity (Wildman–Crippen MR) is 64.8 cm³/mol. The number of non-ortho nitro benzene ring substituents is 1. The first-order valence-electron chi connectivity index (χ1n) is 5.16. The monoisotopic (exact) mass is 242 g/mol. The fourth-order valence-corrected chi connectivity index (χ4v) is 1.93. The van der Waals surface area contributed by atoms with Crippen molar-refractivity contribution in [3.8, 4) is 0 Å². The molecule has 4 nitrogen and oxygen atoms in total. The van der Waals surface area contributed by atoms with Crippen LogP contribution in [0.3, 0.4) is 0 Å². The van der Waals surface area contributed by atoms with Crippen LogP contribution in [0.15, 0.2) is 18.2 Å². The van der Waals surface area contributed by atoms with E-state index in [9.17, 15) is 10.1 Å². The van der Waals surface area contributed by atoms with Gasteiger partial charge in [0.1, 0.15) is 0 Å². The molecule has 0 saturated heterocycles. The topological polar surface area (TPSA) is 69.2 Å². The van der Waals surface area contributed by atoms with E-state index < -0.39 is 4.92 Å². The molecule has 5 heteroatoms. The van der Waals surface area contributed by atoms with Crippen LogP contribution in [0, 0.1) is 10.1 Å². The van der Waals surface area contributed by atoms with Crippen molar-refractivity contribution in [1.82, 2.24) is 0 Å². The Bertz CT molecular complexity index is 396. The second kappa shape index (κ2) is 5.27. The summed E-state index contributed by atoms with van der Waals surface area (Å²) in [5, 5.41) is 11.0. The second-order valence-electron chi connectivity index (χ2n) is 3.82. The maximum Gasteiger partial charge on any atom is 0.270 e. The van der Waals surface area contributed by atoms with Crippen LogP contribution in [0.5, 0.6) is 0 Å². The van der Waals surface area contributed by atoms with E-state index in [1.807, 2.05) is 13.8 Å². The summed E-state index contributed by atoms with van der Waals surface area (Å²) in [6.07, 6.45) is 0.842. The van der Waals surface area contributed by atoms with E-state index in [0.29, 0.717) is 5.02 Å². The molecule has 2 unspecified atom stereocenters. The Morgan fingerprint density at radius 2 is 2.19 bits per heavy atom. The zero-order valence-electron chi connectivity index (χ0n) is 9.31. The summed E-state index contributed by atoms with van der Waals surface area (Å²) in [5.74, 6) is 0.0957. The van der Waals surface area contributed by atoms with Gasteiger partial charge in [0.25, 0.3) is 5.69 Å². The zero-order chi connectivity index (χ0) is 12.3. The van der Waals surface area contributed by atoms with Crippen molar-refractivity contribution in [1.29, 1.82) is 0 Å². The molecule has 0 aliphatic heterocycles. The van der Waals surface area contributed by atoms with E-state index in [2.05, 4.69) is 0 Å². The third kappa shape index (κ3) is 2.71. The number of hydrogen-bond donors (Lipinski definition) is 1. The van der Waals surface area contributed by atoms with Crippen LogP contribution in [0.2, 0.25) is 5.02 Å². The van der Waals surface area contributed by atoms with Gasteiger partial charge in [0.05, 0.1) is 9.95 Å². The third-order valence-electron chi connectivity index (χ3n) is 2.80. The first kappa shape index (κ1) is 12.9. The number of nitro benzene ring substituents is 1. The molecule has 0 heterocycles. The van der Waals surface area contributed by atoms with Crippen LogP contribution in [-0.4, -0.2) is 11.0 Å². The molecule has 0 saturated carbocycles. The molecule has 1 aromatic rings. The second-order valence-corrected chi connectivity index (χ2v) is 4.23. The maximum absolute atomic E-state index is 10.5. The van der Waals surface area contributed by atoms with Gasteiger partial charge in [-0.15, -0.1) is 0 Å². The summed E-state index contributed by atoms with van der Waals surface area (Å²) in [6, 6.07) is 4.52. The van der Waals surface area contributed by atoms with E-state index in [-0.39, 0.29) is 17.6 Å². The number of rotatable bonds is 4. The maximum atomic E-state index is 10.5. The van der Waals surface area contributed by atoms with Gasteiger partial charge in [-0.25, -0.2) is 0 Å². The molecule has 2 N–H and O–H groups in total. The van der Waals surface area contributed by atoms with Crippen molar-refractivity contribution in [3.05, 3.63) is 38.9 Å². The Morgan fingerprint density at radius 1 is 1.56 bits per heavy atom. The lowest BCUT2D eigenvalue weighted by Crippen LogP contribution is -2.25. The Kier molecular flexibility index (Phi) is 4.26. The molecule has 0 amide bonds.